The van der Waals surface area contributed by atoms with Gasteiger partial charge in [-0.05, 0) is 25.1 Å². The highest BCUT2D eigenvalue weighted by Crippen LogP contribution is 2.24. The van der Waals surface area contributed by atoms with Gasteiger partial charge in [0, 0.05) is 6.42 Å². The van der Waals surface area contributed by atoms with Gasteiger partial charge in [-0.1, -0.05) is 17.7 Å². The molecule has 1 aliphatic heterocycles. The lowest BCUT2D eigenvalue weighted by Crippen LogP contribution is -2.13. The van der Waals surface area contributed by atoms with Crippen molar-refractivity contribution >= 4 is 38.5 Å². The third kappa shape index (κ3) is 3.49. The minimum Gasteiger partial charge on any atom is -0.490 e. The van der Waals surface area contributed by atoms with Crippen LogP contribution in [0.4, 0.5) is 5.95 Å². The summed E-state index contributed by atoms with van der Waals surface area (Å²) in [5.74, 6) is 1.17. The van der Waals surface area contributed by atoms with Crippen LogP contribution in [-0.2, 0) is 25.6 Å². The number of anilines is 1. The zero-order valence-electron chi connectivity index (χ0n) is 16.6. The van der Waals surface area contributed by atoms with E-state index in [2.05, 4.69) is 20.2 Å². The summed E-state index contributed by atoms with van der Waals surface area (Å²) >= 11 is 0. The predicted octanol–water partition coefficient (Wildman–Crippen LogP) is 1.53. The molecule has 160 valence electrons. The molecule has 0 aliphatic carbocycles. The lowest BCUT2D eigenvalue weighted by molar-refractivity contribution is 0.296. The highest BCUT2D eigenvalue weighted by atomic mass is 32.2. The molecule has 0 radical (unpaired) electrons. The smallest absolute Gasteiger partial charge is 0.297 e. The van der Waals surface area contributed by atoms with Crippen molar-refractivity contribution in [1.82, 2.24) is 29.4 Å². The molecule has 1 aliphatic rings. The van der Waals surface area contributed by atoms with E-state index in [0.29, 0.717) is 34.9 Å². The van der Waals surface area contributed by atoms with E-state index in [1.165, 1.54) is 21.3 Å². The van der Waals surface area contributed by atoms with E-state index in [1.807, 2.05) is 13.0 Å². The van der Waals surface area contributed by atoms with Gasteiger partial charge in [-0.15, -0.1) is 5.10 Å². The molecule has 0 unspecified atom stereocenters. The summed E-state index contributed by atoms with van der Waals surface area (Å²) in [4.78, 5) is 8.99. The topological polar surface area (TPSA) is 140 Å². The Morgan fingerprint density at radius 1 is 1.19 bits per heavy atom. The number of rotatable bonds is 6. The Hall–Kier alpha value is -3.51. The lowest BCUT2D eigenvalue weighted by Gasteiger charge is -2.07. The number of ether oxygens (including phenoxy) is 1. The van der Waals surface area contributed by atoms with Crippen LogP contribution >= 0.6 is 0 Å². The van der Waals surface area contributed by atoms with Gasteiger partial charge in [-0.25, -0.2) is 9.67 Å². The standard InChI is InChI=1S/C19H19N7O4S/c1-12-4-6-13(7-5-12)31(27,28)30-10-8-25-17-14(11-21-25)18-22-16(15-3-2-9-29-15)24-26(18)19(20)23-17/h3-7,11H,2,8-10H2,1H3,(H2,20,23). The molecular formula is C19H19N7O4S. The number of nitrogens with zero attached hydrogens (tertiary/aromatic N) is 6. The maximum absolute atomic E-state index is 12.4. The van der Waals surface area contributed by atoms with Crippen LogP contribution in [-0.4, -0.2) is 51.0 Å². The molecule has 2 N–H and O–H groups in total. The van der Waals surface area contributed by atoms with Crippen LogP contribution < -0.4 is 5.73 Å². The number of nitrogens with two attached hydrogens (primary N) is 1. The van der Waals surface area contributed by atoms with Gasteiger partial charge in [-0.2, -0.15) is 23.0 Å². The first-order valence-corrected chi connectivity index (χ1v) is 11.0. The molecule has 0 atom stereocenters. The minimum absolute atomic E-state index is 0.104. The van der Waals surface area contributed by atoms with Crippen LogP contribution in [0, 0.1) is 6.92 Å². The maximum Gasteiger partial charge on any atom is 0.297 e. The van der Waals surface area contributed by atoms with Gasteiger partial charge in [0.05, 0.1) is 36.2 Å². The normalized spacial score (nSPS) is 14.3. The van der Waals surface area contributed by atoms with E-state index < -0.39 is 10.1 Å². The molecule has 0 spiro atoms. The summed E-state index contributed by atoms with van der Waals surface area (Å²) in [6, 6.07) is 6.46. The number of aryl methyl sites for hydroxylation is 1. The van der Waals surface area contributed by atoms with Crippen molar-refractivity contribution < 1.29 is 17.3 Å². The summed E-state index contributed by atoms with van der Waals surface area (Å²) in [5.41, 5.74) is 7.99. The Morgan fingerprint density at radius 2 is 2.00 bits per heavy atom. The van der Waals surface area contributed by atoms with E-state index in [-0.39, 0.29) is 24.0 Å². The summed E-state index contributed by atoms with van der Waals surface area (Å²) in [6.45, 7) is 2.52. The highest BCUT2D eigenvalue weighted by molar-refractivity contribution is 7.86. The average Bonchev–Trinajstić information content (AvgIpc) is 3.48. The fourth-order valence-electron chi connectivity index (χ4n) is 3.30. The van der Waals surface area contributed by atoms with Crippen molar-refractivity contribution in [3.05, 3.63) is 47.9 Å². The third-order valence-electron chi connectivity index (χ3n) is 4.87. The van der Waals surface area contributed by atoms with E-state index in [9.17, 15) is 8.42 Å². The second kappa shape index (κ2) is 7.32. The van der Waals surface area contributed by atoms with Crippen molar-refractivity contribution in [3.63, 3.8) is 0 Å². The van der Waals surface area contributed by atoms with Crippen LogP contribution in [0.3, 0.4) is 0 Å². The quantitative estimate of drug-likeness (QED) is 0.441. The number of hydrogen-bond acceptors (Lipinski definition) is 9. The number of aromatic nitrogens is 6. The lowest BCUT2D eigenvalue weighted by atomic mass is 10.2. The summed E-state index contributed by atoms with van der Waals surface area (Å²) < 4.78 is 38.4. The summed E-state index contributed by atoms with van der Waals surface area (Å²) in [7, 11) is -3.87. The molecular weight excluding hydrogens is 422 g/mol. The van der Waals surface area contributed by atoms with Crippen LogP contribution in [0.2, 0.25) is 0 Å². The Labute approximate surface area is 177 Å². The second-order valence-electron chi connectivity index (χ2n) is 7.04. The second-order valence-corrected chi connectivity index (χ2v) is 8.66. The Bertz CT molecular complexity index is 1420. The zero-order chi connectivity index (χ0) is 21.6. The van der Waals surface area contributed by atoms with Crippen LogP contribution in [0.25, 0.3) is 22.4 Å². The Kier molecular flexibility index (Phi) is 4.59. The van der Waals surface area contributed by atoms with Crippen molar-refractivity contribution in [3.8, 4) is 0 Å². The van der Waals surface area contributed by atoms with Gasteiger partial charge in [-0.3, -0.25) is 4.18 Å². The fraction of sp³-hybridized carbons (Fsp3) is 0.263. The monoisotopic (exact) mass is 441 g/mol. The van der Waals surface area contributed by atoms with Gasteiger partial charge in [0.15, 0.2) is 17.1 Å². The first-order chi connectivity index (χ1) is 14.9. The van der Waals surface area contributed by atoms with Gasteiger partial charge in [0.2, 0.25) is 11.8 Å². The molecule has 0 saturated heterocycles. The van der Waals surface area contributed by atoms with E-state index in [1.54, 1.807) is 18.3 Å². The number of nitrogen functional groups attached to an aromatic ring is 1. The van der Waals surface area contributed by atoms with Gasteiger partial charge >= 0.3 is 0 Å². The van der Waals surface area contributed by atoms with Crippen molar-refractivity contribution in [2.24, 2.45) is 0 Å². The SMILES string of the molecule is Cc1ccc(S(=O)(=O)OCCn2ncc3c2nc(N)n2nc(C4=CCCO4)nc32)cc1. The minimum atomic E-state index is -3.87. The van der Waals surface area contributed by atoms with E-state index in [4.69, 9.17) is 14.7 Å². The molecule has 3 aromatic heterocycles. The van der Waals surface area contributed by atoms with Gasteiger partial charge in [0.25, 0.3) is 10.1 Å². The number of fused-ring (bicyclic) bond motifs is 3. The average molecular weight is 441 g/mol. The van der Waals surface area contributed by atoms with Crippen LogP contribution in [0.1, 0.15) is 17.8 Å². The van der Waals surface area contributed by atoms with Crippen molar-refractivity contribution in [2.45, 2.75) is 24.8 Å². The molecule has 1 aromatic carbocycles. The van der Waals surface area contributed by atoms with Crippen LogP contribution in [0.15, 0.2) is 41.4 Å². The first-order valence-electron chi connectivity index (χ1n) is 9.59. The van der Waals surface area contributed by atoms with Gasteiger partial charge < -0.3 is 10.5 Å². The fourth-order valence-corrected chi connectivity index (χ4v) is 4.20. The molecule has 12 heteroatoms. The molecule has 0 bridgehead atoms. The number of benzene rings is 1. The predicted molar refractivity (Wildman–Crippen MR) is 111 cm³/mol. The van der Waals surface area contributed by atoms with Crippen molar-refractivity contribution in [2.75, 3.05) is 18.9 Å². The highest BCUT2D eigenvalue weighted by Gasteiger charge is 2.20. The van der Waals surface area contributed by atoms with E-state index >= 15 is 0 Å². The molecule has 11 nitrogen and oxygen atoms in total. The third-order valence-corrected chi connectivity index (χ3v) is 6.20. The summed E-state index contributed by atoms with van der Waals surface area (Å²) in [5, 5.41) is 9.30. The van der Waals surface area contributed by atoms with Gasteiger partial charge in [0.1, 0.15) is 0 Å². The van der Waals surface area contributed by atoms with Crippen LogP contribution in [0.5, 0.6) is 0 Å². The molecule has 0 saturated carbocycles. The van der Waals surface area contributed by atoms with Crippen molar-refractivity contribution in [1.29, 1.82) is 0 Å². The zero-order valence-corrected chi connectivity index (χ0v) is 17.4. The van der Waals surface area contributed by atoms with E-state index in [0.717, 1.165) is 12.0 Å². The Morgan fingerprint density at radius 3 is 2.74 bits per heavy atom. The molecule has 0 fully saturated rings. The summed E-state index contributed by atoms with van der Waals surface area (Å²) in [6.07, 6.45) is 4.32. The maximum atomic E-state index is 12.4. The largest absolute Gasteiger partial charge is 0.490 e. The number of hydrogen-bond donors (Lipinski definition) is 1. The molecule has 0 amide bonds. The Balaban J connectivity index is 1.40. The molecule has 4 aromatic rings. The molecule has 4 heterocycles. The first kappa shape index (κ1) is 19.5. The molecule has 31 heavy (non-hydrogen) atoms. The molecule has 5 rings (SSSR count).